The Labute approximate surface area is 138 Å². The van der Waals surface area contributed by atoms with E-state index in [0.717, 1.165) is 22.2 Å². The maximum Gasteiger partial charge on any atom is 0.262 e. The van der Waals surface area contributed by atoms with E-state index in [2.05, 4.69) is 0 Å². The minimum Gasteiger partial charge on any atom is -0.497 e. The highest BCUT2D eigenvalue weighted by atomic mass is 35.5. The number of aromatic nitrogens is 1. The molecule has 3 rings (SSSR count). The van der Waals surface area contributed by atoms with Crippen LogP contribution in [0.2, 0.25) is 5.02 Å². The second kappa shape index (κ2) is 6.07. The largest absolute Gasteiger partial charge is 0.497 e. The van der Waals surface area contributed by atoms with Crippen molar-refractivity contribution in [1.82, 2.24) is 4.57 Å². The highest BCUT2D eigenvalue weighted by Gasteiger charge is 2.19. The molecular formula is C18H16ClNO3. The van der Waals surface area contributed by atoms with E-state index in [0.29, 0.717) is 16.3 Å². The Morgan fingerprint density at radius 2 is 1.91 bits per heavy atom. The maximum atomic E-state index is 12.9. The third-order valence-electron chi connectivity index (χ3n) is 3.99. The van der Waals surface area contributed by atoms with Crippen molar-refractivity contribution in [2.75, 3.05) is 7.11 Å². The molecule has 23 heavy (non-hydrogen) atoms. The summed E-state index contributed by atoms with van der Waals surface area (Å²) in [6, 6.07) is 12.2. The molecule has 4 nitrogen and oxygen atoms in total. The van der Waals surface area contributed by atoms with Crippen molar-refractivity contribution >= 4 is 28.4 Å². The van der Waals surface area contributed by atoms with E-state index in [1.165, 1.54) is 0 Å². The van der Waals surface area contributed by atoms with Gasteiger partial charge in [0.2, 0.25) is 0 Å². The lowest BCUT2D eigenvalue weighted by atomic mass is 10.1. The molecule has 0 aliphatic heterocycles. The summed E-state index contributed by atoms with van der Waals surface area (Å²) in [5, 5.41) is 11.1. The summed E-state index contributed by atoms with van der Waals surface area (Å²) in [6.07, 6.45) is 0. The summed E-state index contributed by atoms with van der Waals surface area (Å²) < 4.78 is 6.85. The zero-order valence-electron chi connectivity index (χ0n) is 12.8. The summed E-state index contributed by atoms with van der Waals surface area (Å²) in [5.41, 5.74) is 2.72. The van der Waals surface area contributed by atoms with E-state index in [-0.39, 0.29) is 12.5 Å². The zero-order valence-corrected chi connectivity index (χ0v) is 13.6. The van der Waals surface area contributed by atoms with Crippen molar-refractivity contribution in [3.63, 3.8) is 0 Å². The van der Waals surface area contributed by atoms with Crippen molar-refractivity contribution < 1.29 is 14.6 Å². The molecule has 2 aromatic carbocycles. The van der Waals surface area contributed by atoms with E-state index >= 15 is 0 Å². The van der Waals surface area contributed by atoms with Gasteiger partial charge in [0.05, 0.1) is 19.2 Å². The molecule has 0 amide bonds. The zero-order chi connectivity index (χ0) is 16.6. The molecule has 0 unspecified atom stereocenters. The van der Waals surface area contributed by atoms with Crippen molar-refractivity contribution in [1.29, 1.82) is 0 Å². The first-order valence-electron chi connectivity index (χ1n) is 7.16. The van der Waals surface area contributed by atoms with Gasteiger partial charge in [0, 0.05) is 27.2 Å². The van der Waals surface area contributed by atoms with Crippen LogP contribution in [0.5, 0.6) is 5.75 Å². The fourth-order valence-electron chi connectivity index (χ4n) is 2.77. The van der Waals surface area contributed by atoms with Gasteiger partial charge >= 0.3 is 0 Å². The monoisotopic (exact) mass is 329 g/mol. The quantitative estimate of drug-likeness (QED) is 0.795. The Morgan fingerprint density at radius 1 is 1.22 bits per heavy atom. The number of methoxy groups -OCH3 is 1. The standard InChI is InChI=1S/C18H16ClNO3/c1-11-16(10-21)15-9-14(23-2)7-8-17(15)20(11)18(22)12-3-5-13(19)6-4-12/h3-9,21H,10H2,1-2H3. The first-order valence-corrected chi connectivity index (χ1v) is 7.53. The van der Waals surface area contributed by atoms with Gasteiger partial charge in [-0.15, -0.1) is 0 Å². The number of halogens is 1. The fraction of sp³-hybridized carbons (Fsp3) is 0.167. The molecule has 0 radical (unpaired) electrons. The van der Waals surface area contributed by atoms with Gasteiger partial charge in [-0.3, -0.25) is 9.36 Å². The summed E-state index contributed by atoms with van der Waals surface area (Å²) in [5.74, 6) is 0.525. The maximum absolute atomic E-state index is 12.9. The van der Waals surface area contributed by atoms with E-state index < -0.39 is 0 Å². The van der Waals surface area contributed by atoms with Crippen molar-refractivity contribution in [3.05, 3.63) is 64.3 Å². The number of rotatable bonds is 3. The molecule has 0 bridgehead atoms. The van der Waals surface area contributed by atoms with Gasteiger partial charge < -0.3 is 9.84 Å². The van der Waals surface area contributed by atoms with Crippen LogP contribution in [0.3, 0.4) is 0 Å². The highest BCUT2D eigenvalue weighted by molar-refractivity contribution is 6.30. The van der Waals surface area contributed by atoms with Crippen LogP contribution in [0, 0.1) is 6.92 Å². The first-order chi connectivity index (χ1) is 11.1. The van der Waals surface area contributed by atoms with Crippen molar-refractivity contribution in [2.24, 2.45) is 0 Å². The molecule has 0 aliphatic carbocycles. The summed E-state index contributed by atoms with van der Waals surface area (Å²) in [4.78, 5) is 12.9. The number of hydrogen-bond acceptors (Lipinski definition) is 3. The number of aliphatic hydroxyl groups is 1. The Kier molecular flexibility index (Phi) is 4.11. The van der Waals surface area contributed by atoms with Gasteiger partial charge in [-0.2, -0.15) is 0 Å². The number of aliphatic hydroxyl groups excluding tert-OH is 1. The lowest BCUT2D eigenvalue weighted by Gasteiger charge is -2.08. The number of hydrogen-bond donors (Lipinski definition) is 1. The second-order valence-corrected chi connectivity index (χ2v) is 5.69. The molecule has 0 atom stereocenters. The molecule has 1 aromatic heterocycles. The number of ether oxygens (including phenoxy) is 1. The number of fused-ring (bicyclic) bond motifs is 1. The third-order valence-corrected chi connectivity index (χ3v) is 4.25. The van der Waals surface area contributed by atoms with Gasteiger partial charge in [-0.05, 0) is 49.4 Å². The van der Waals surface area contributed by atoms with Gasteiger partial charge in [0.1, 0.15) is 5.75 Å². The Morgan fingerprint density at radius 3 is 2.52 bits per heavy atom. The molecule has 5 heteroatoms. The van der Waals surface area contributed by atoms with Gasteiger partial charge in [-0.1, -0.05) is 11.6 Å². The summed E-state index contributed by atoms with van der Waals surface area (Å²) in [6.45, 7) is 1.68. The third kappa shape index (κ3) is 2.60. The van der Waals surface area contributed by atoms with Crippen LogP contribution < -0.4 is 4.74 Å². The predicted octanol–water partition coefficient (Wildman–Crippen LogP) is 3.79. The number of benzene rings is 2. The molecule has 0 spiro atoms. The second-order valence-electron chi connectivity index (χ2n) is 5.25. The number of nitrogens with zero attached hydrogens (tertiary/aromatic N) is 1. The van der Waals surface area contributed by atoms with Crippen LogP contribution >= 0.6 is 11.6 Å². The molecule has 0 saturated carbocycles. The lowest BCUT2D eigenvalue weighted by Crippen LogP contribution is -2.13. The smallest absolute Gasteiger partial charge is 0.262 e. The van der Waals surface area contributed by atoms with Crippen LogP contribution in [-0.2, 0) is 6.61 Å². The normalized spacial score (nSPS) is 11.0. The summed E-state index contributed by atoms with van der Waals surface area (Å²) >= 11 is 5.88. The van der Waals surface area contributed by atoms with E-state index in [1.807, 2.05) is 19.1 Å². The van der Waals surface area contributed by atoms with Crippen molar-refractivity contribution in [3.8, 4) is 5.75 Å². The van der Waals surface area contributed by atoms with Crippen LogP contribution in [0.25, 0.3) is 10.9 Å². The Hall–Kier alpha value is -2.30. The Balaban J connectivity index is 2.22. The Bertz CT molecular complexity index is 881. The van der Waals surface area contributed by atoms with E-state index in [4.69, 9.17) is 16.3 Å². The lowest BCUT2D eigenvalue weighted by molar-refractivity contribution is 0.0962. The van der Waals surface area contributed by atoms with Crippen LogP contribution in [0.4, 0.5) is 0 Å². The molecule has 118 valence electrons. The SMILES string of the molecule is COc1ccc2c(c1)c(CO)c(C)n2C(=O)c1ccc(Cl)cc1. The summed E-state index contributed by atoms with van der Waals surface area (Å²) in [7, 11) is 1.59. The molecular weight excluding hydrogens is 314 g/mol. The average Bonchev–Trinajstić information content (AvgIpc) is 2.85. The predicted molar refractivity (Wildman–Crippen MR) is 90.3 cm³/mol. The van der Waals surface area contributed by atoms with Gasteiger partial charge in [0.15, 0.2) is 0 Å². The molecule has 3 aromatic rings. The number of carbonyl (C=O) groups is 1. The molecule has 0 fully saturated rings. The minimum atomic E-state index is -0.158. The molecule has 0 saturated heterocycles. The topological polar surface area (TPSA) is 51.5 Å². The highest BCUT2D eigenvalue weighted by Crippen LogP contribution is 2.30. The first kappa shape index (κ1) is 15.6. The van der Waals surface area contributed by atoms with Gasteiger partial charge in [0.25, 0.3) is 5.91 Å². The van der Waals surface area contributed by atoms with Crippen LogP contribution in [-0.4, -0.2) is 22.7 Å². The average molecular weight is 330 g/mol. The van der Waals surface area contributed by atoms with Crippen LogP contribution in [0.15, 0.2) is 42.5 Å². The molecule has 1 N–H and O–H groups in total. The fourth-order valence-corrected chi connectivity index (χ4v) is 2.90. The number of carbonyl (C=O) groups excluding carboxylic acids is 1. The van der Waals surface area contributed by atoms with E-state index in [9.17, 15) is 9.90 Å². The van der Waals surface area contributed by atoms with Crippen LogP contribution in [0.1, 0.15) is 21.6 Å². The van der Waals surface area contributed by atoms with E-state index in [1.54, 1.807) is 42.0 Å². The minimum absolute atomic E-state index is 0.142. The molecule has 0 aliphatic rings. The van der Waals surface area contributed by atoms with Crippen molar-refractivity contribution in [2.45, 2.75) is 13.5 Å². The molecule has 1 heterocycles. The van der Waals surface area contributed by atoms with Gasteiger partial charge in [-0.25, -0.2) is 0 Å².